The highest BCUT2D eigenvalue weighted by Crippen LogP contribution is 2.21. The summed E-state index contributed by atoms with van der Waals surface area (Å²) in [5.41, 5.74) is 0.601. The predicted octanol–water partition coefficient (Wildman–Crippen LogP) is 1.38. The van der Waals surface area contributed by atoms with Crippen molar-refractivity contribution in [1.29, 1.82) is 0 Å². The molecule has 0 aromatic rings. The number of hydrogen-bond acceptors (Lipinski definition) is 4. The Morgan fingerprint density at radius 2 is 2.00 bits per heavy atom. The van der Waals surface area contributed by atoms with E-state index in [9.17, 15) is 9.59 Å². The van der Waals surface area contributed by atoms with E-state index < -0.39 is 6.04 Å². The van der Waals surface area contributed by atoms with Crippen LogP contribution in [0.3, 0.4) is 0 Å². The highest BCUT2D eigenvalue weighted by Gasteiger charge is 2.30. The summed E-state index contributed by atoms with van der Waals surface area (Å²) in [7, 11) is 0. The van der Waals surface area contributed by atoms with Crippen molar-refractivity contribution in [2.24, 2.45) is 0 Å². The van der Waals surface area contributed by atoms with E-state index in [-0.39, 0.29) is 18.1 Å². The molecule has 6 nitrogen and oxygen atoms in total. The van der Waals surface area contributed by atoms with E-state index >= 15 is 0 Å². The van der Waals surface area contributed by atoms with Gasteiger partial charge in [-0.15, -0.1) is 0 Å². The molecule has 1 saturated carbocycles. The van der Waals surface area contributed by atoms with E-state index in [1.165, 1.54) is 6.42 Å². The van der Waals surface area contributed by atoms with Crippen LogP contribution in [0.2, 0.25) is 0 Å². The lowest BCUT2D eigenvalue weighted by Gasteiger charge is -2.33. The van der Waals surface area contributed by atoms with Crippen LogP contribution in [0.1, 0.15) is 39.0 Å². The van der Waals surface area contributed by atoms with Gasteiger partial charge in [-0.1, -0.05) is 13.0 Å². The smallest absolute Gasteiger partial charge is 0.410 e. The van der Waals surface area contributed by atoms with E-state index in [0.29, 0.717) is 25.3 Å². The summed E-state index contributed by atoms with van der Waals surface area (Å²) in [6.07, 6.45) is 5.15. The van der Waals surface area contributed by atoms with Gasteiger partial charge in [0.2, 0.25) is 5.91 Å². The summed E-state index contributed by atoms with van der Waals surface area (Å²) in [5.74, 6) is -0.155. The first-order valence-corrected chi connectivity index (χ1v) is 7.71. The Morgan fingerprint density at radius 3 is 2.67 bits per heavy atom. The van der Waals surface area contributed by atoms with Gasteiger partial charge in [0.15, 0.2) is 0 Å². The molecule has 2 rings (SSSR count). The number of nitrogens with one attached hydrogen (secondary N) is 2. The minimum Gasteiger partial charge on any atom is -0.446 e. The van der Waals surface area contributed by atoms with Crippen molar-refractivity contribution < 1.29 is 14.3 Å². The minimum atomic E-state index is -0.408. The first-order chi connectivity index (χ1) is 10.1. The maximum absolute atomic E-state index is 12.2. The van der Waals surface area contributed by atoms with E-state index in [1.807, 2.05) is 0 Å². The van der Waals surface area contributed by atoms with E-state index in [0.717, 1.165) is 25.7 Å². The van der Waals surface area contributed by atoms with Crippen LogP contribution < -0.4 is 10.6 Å². The molecule has 0 radical (unpaired) electrons. The van der Waals surface area contributed by atoms with Crippen LogP contribution in [-0.2, 0) is 9.53 Å². The van der Waals surface area contributed by atoms with Crippen molar-refractivity contribution in [3.63, 3.8) is 0 Å². The Balaban J connectivity index is 1.83. The summed E-state index contributed by atoms with van der Waals surface area (Å²) in [5, 5.41) is 5.79. The fraction of sp³-hybridized carbons (Fsp3) is 0.733. The third kappa shape index (κ3) is 4.74. The Bertz CT molecular complexity index is 405. The molecule has 0 spiro atoms. The van der Waals surface area contributed by atoms with Gasteiger partial charge in [-0.25, -0.2) is 4.79 Å². The maximum Gasteiger partial charge on any atom is 0.410 e. The van der Waals surface area contributed by atoms with Crippen molar-refractivity contribution in [1.82, 2.24) is 15.5 Å². The summed E-state index contributed by atoms with van der Waals surface area (Å²) >= 11 is 0. The Hall–Kier alpha value is -1.56. The van der Waals surface area contributed by atoms with Gasteiger partial charge in [-0.2, -0.15) is 0 Å². The normalized spacial score (nSPS) is 23.5. The van der Waals surface area contributed by atoms with Gasteiger partial charge in [-0.3, -0.25) is 4.79 Å². The van der Waals surface area contributed by atoms with Crippen LogP contribution in [0.5, 0.6) is 0 Å². The number of amides is 2. The van der Waals surface area contributed by atoms with Crippen LogP contribution in [0.15, 0.2) is 12.3 Å². The Kier molecular flexibility index (Phi) is 5.61. The molecule has 6 heteroatoms. The molecular weight excluding hydrogens is 270 g/mol. The van der Waals surface area contributed by atoms with Gasteiger partial charge >= 0.3 is 6.09 Å². The average molecular weight is 295 g/mol. The minimum absolute atomic E-state index is 0.0452. The lowest BCUT2D eigenvalue weighted by atomic mass is 9.98. The highest BCUT2D eigenvalue weighted by molar-refractivity contribution is 5.84. The highest BCUT2D eigenvalue weighted by atomic mass is 16.6. The molecular formula is C15H25N3O3. The van der Waals surface area contributed by atoms with Gasteiger partial charge in [-0.05, 0) is 32.6 Å². The molecule has 0 aromatic heterocycles. The summed E-state index contributed by atoms with van der Waals surface area (Å²) < 4.78 is 5.55. The number of hydrogen-bond donors (Lipinski definition) is 2. The largest absolute Gasteiger partial charge is 0.446 e. The Labute approximate surface area is 125 Å². The molecule has 21 heavy (non-hydrogen) atoms. The molecule has 0 aromatic carbocycles. The van der Waals surface area contributed by atoms with Gasteiger partial charge in [0.25, 0.3) is 0 Å². The van der Waals surface area contributed by atoms with Crippen LogP contribution in [0.25, 0.3) is 0 Å². The first-order valence-electron chi connectivity index (χ1n) is 7.71. The van der Waals surface area contributed by atoms with Crippen LogP contribution in [0, 0.1) is 0 Å². The van der Waals surface area contributed by atoms with Gasteiger partial charge < -0.3 is 20.3 Å². The van der Waals surface area contributed by atoms with E-state index in [1.54, 1.807) is 11.8 Å². The van der Waals surface area contributed by atoms with Gasteiger partial charge in [0.1, 0.15) is 12.1 Å². The zero-order chi connectivity index (χ0) is 15.2. The average Bonchev–Trinajstić information content (AvgIpc) is 2.47. The number of piperazine rings is 1. The molecule has 2 amide bonds. The number of allylic oxidation sites excluding steroid dienone is 1. The number of ether oxygens (including phenoxy) is 1. The second-order valence-electron chi connectivity index (χ2n) is 5.87. The molecule has 2 N–H and O–H groups in total. The maximum atomic E-state index is 12.2. The standard InChI is InChI=1S/C15H25N3O3/c1-11(2)17-14(19)13-10-18(9-8-16-13)15(20)21-12-6-4-3-5-7-12/h12-13,16H,1,3-10H2,2H3,(H,17,19)/t13-/m1/s1. The van der Waals surface area contributed by atoms with Crippen LogP contribution in [0.4, 0.5) is 4.79 Å². The van der Waals surface area contributed by atoms with Crippen molar-refractivity contribution in [2.75, 3.05) is 19.6 Å². The second kappa shape index (κ2) is 7.45. The van der Waals surface area contributed by atoms with Crippen molar-refractivity contribution in [3.05, 3.63) is 12.3 Å². The summed E-state index contributed by atoms with van der Waals surface area (Å²) in [6.45, 7) is 6.89. The number of nitrogens with zero attached hydrogens (tertiary/aromatic N) is 1. The third-order valence-electron chi connectivity index (χ3n) is 3.91. The van der Waals surface area contributed by atoms with Crippen LogP contribution >= 0.6 is 0 Å². The zero-order valence-electron chi connectivity index (χ0n) is 12.7. The fourth-order valence-electron chi connectivity index (χ4n) is 2.79. The quantitative estimate of drug-likeness (QED) is 0.825. The van der Waals surface area contributed by atoms with E-state index in [2.05, 4.69) is 17.2 Å². The van der Waals surface area contributed by atoms with Crippen LogP contribution in [-0.4, -0.2) is 48.7 Å². The van der Waals surface area contributed by atoms with Crippen molar-refractivity contribution in [3.8, 4) is 0 Å². The van der Waals surface area contributed by atoms with Crippen molar-refractivity contribution >= 4 is 12.0 Å². The number of rotatable bonds is 3. The van der Waals surface area contributed by atoms with E-state index in [4.69, 9.17) is 4.74 Å². The molecule has 2 aliphatic rings. The van der Waals surface area contributed by atoms with Gasteiger partial charge in [0, 0.05) is 25.3 Å². The first kappa shape index (κ1) is 15.8. The molecule has 2 fully saturated rings. The Morgan fingerprint density at radius 1 is 1.29 bits per heavy atom. The molecule has 1 heterocycles. The third-order valence-corrected chi connectivity index (χ3v) is 3.91. The van der Waals surface area contributed by atoms with Gasteiger partial charge in [0.05, 0.1) is 0 Å². The number of carbonyl (C=O) groups is 2. The fourth-order valence-corrected chi connectivity index (χ4v) is 2.79. The molecule has 1 aliphatic heterocycles. The SMILES string of the molecule is C=C(C)NC(=O)[C@H]1CN(C(=O)OC2CCCCC2)CCN1. The molecule has 1 atom stereocenters. The molecule has 118 valence electrons. The molecule has 1 saturated heterocycles. The summed E-state index contributed by atoms with van der Waals surface area (Å²) in [4.78, 5) is 25.8. The van der Waals surface area contributed by atoms with Crippen molar-refractivity contribution in [2.45, 2.75) is 51.2 Å². The molecule has 0 unspecified atom stereocenters. The summed E-state index contributed by atoms with van der Waals surface area (Å²) in [6, 6.07) is -0.408. The lowest BCUT2D eigenvalue weighted by molar-refractivity contribution is -0.123. The zero-order valence-corrected chi connectivity index (χ0v) is 12.7. The second-order valence-corrected chi connectivity index (χ2v) is 5.87. The molecule has 0 bridgehead atoms. The number of carbonyl (C=O) groups excluding carboxylic acids is 2. The monoisotopic (exact) mass is 295 g/mol. The molecule has 1 aliphatic carbocycles. The predicted molar refractivity (Wildman–Crippen MR) is 79.7 cm³/mol. The topological polar surface area (TPSA) is 70.7 Å². The lowest BCUT2D eigenvalue weighted by Crippen LogP contribution is -2.58.